The summed E-state index contributed by atoms with van der Waals surface area (Å²) in [7, 11) is 0. The minimum Gasteiger partial charge on any atom is -0.506 e. The van der Waals surface area contributed by atoms with E-state index in [1.165, 1.54) is 18.2 Å². The number of carbonyl (C=O) groups is 1. The molecule has 1 atom stereocenters. The molecule has 0 aliphatic rings. The summed E-state index contributed by atoms with van der Waals surface area (Å²) in [4.78, 5) is 11.8. The summed E-state index contributed by atoms with van der Waals surface area (Å²) in [5.74, 6) is -0.553. The molecule has 5 heteroatoms. The maximum Gasteiger partial charge on any atom is 0.314 e. The summed E-state index contributed by atoms with van der Waals surface area (Å²) in [5.41, 5.74) is -0.632. The highest BCUT2D eigenvalue weighted by atomic mass is 35.5. The van der Waals surface area contributed by atoms with Crippen molar-refractivity contribution < 1.29 is 19.7 Å². The van der Waals surface area contributed by atoms with Gasteiger partial charge in [-0.25, -0.2) is 0 Å². The first-order chi connectivity index (χ1) is 8.30. The number of rotatable bonds is 4. The van der Waals surface area contributed by atoms with Crippen LogP contribution in [0.15, 0.2) is 18.2 Å². The van der Waals surface area contributed by atoms with E-state index in [0.717, 1.165) is 0 Å². The molecule has 0 aliphatic heterocycles. The molecule has 0 spiro atoms. The van der Waals surface area contributed by atoms with Gasteiger partial charge in [-0.1, -0.05) is 17.7 Å². The molecule has 0 amide bonds. The number of aliphatic hydroxyl groups excluding tert-OH is 1. The molecule has 0 aromatic heterocycles. The van der Waals surface area contributed by atoms with E-state index in [1.807, 2.05) is 0 Å². The molecule has 1 aromatic carbocycles. The fourth-order valence-electron chi connectivity index (χ4n) is 1.54. The molecule has 0 saturated carbocycles. The Morgan fingerprint density at radius 2 is 2.11 bits per heavy atom. The van der Waals surface area contributed by atoms with Crippen LogP contribution in [-0.2, 0) is 9.53 Å². The van der Waals surface area contributed by atoms with Crippen molar-refractivity contribution in [1.82, 2.24) is 0 Å². The van der Waals surface area contributed by atoms with Crippen LogP contribution in [0.2, 0.25) is 5.02 Å². The molecule has 4 nitrogen and oxygen atoms in total. The predicted molar refractivity (Wildman–Crippen MR) is 68.5 cm³/mol. The fraction of sp³-hybridized carbons (Fsp3) is 0.462. The number of aliphatic hydroxyl groups is 1. The highest BCUT2D eigenvalue weighted by Gasteiger charge is 2.38. The van der Waals surface area contributed by atoms with E-state index in [2.05, 4.69) is 0 Å². The van der Waals surface area contributed by atoms with Crippen molar-refractivity contribution >= 4 is 17.6 Å². The summed E-state index contributed by atoms with van der Waals surface area (Å²) in [6.07, 6.45) is -1.06. The standard InChI is InChI=1S/C13H17ClO4/c1-4-18-12(17)13(2,3)11(16)8-5-6-10(15)9(14)7-8/h5-7,11,15-16H,4H2,1-3H3. The summed E-state index contributed by atoms with van der Waals surface area (Å²) in [6, 6.07) is 4.33. The fourth-order valence-corrected chi connectivity index (χ4v) is 1.73. The van der Waals surface area contributed by atoms with Gasteiger partial charge < -0.3 is 14.9 Å². The molecule has 0 radical (unpaired) electrons. The van der Waals surface area contributed by atoms with Gasteiger partial charge in [0.05, 0.1) is 23.1 Å². The van der Waals surface area contributed by atoms with E-state index in [1.54, 1.807) is 20.8 Å². The zero-order chi connectivity index (χ0) is 13.9. The van der Waals surface area contributed by atoms with Crippen molar-refractivity contribution in [2.24, 2.45) is 5.41 Å². The van der Waals surface area contributed by atoms with Gasteiger partial charge in [-0.15, -0.1) is 0 Å². The van der Waals surface area contributed by atoms with Gasteiger partial charge in [-0.2, -0.15) is 0 Å². The van der Waals surface area contributed by atoms with Crippen LogP contribution in [0.3, 0.4) is 0 Å². The van der Waals surface area contributed by atoms with Gasteiger partial charge in [-0.05, 0) is 38.5 Å². The van der Waals surface area contributed by atoms with Crippen LogP contribution in [0.4, 0.5) is 0 Å². The number of hydrogen-bond acceptors (Lipinski definition) is 4. The van der Waals surface area contributed by atoms with E-state index < -0.39 is 17.5 Å². The Bertz CT molecular complexity index is 443. The van der Waals surface area contributed by atoms with Gasteiger partial charge >= 0.3 is 5.97 Å². The van der Waals surface area contributed by atoms with Gasteiger partial charge in [0.25, 0.3) is 0 Å². The van der Waals surface area contributed by atoms with E-state index in [4.69, 9.17) is 16.3 Å². The topological polar surface area (TPSA) is 66.8 Å². The van der Waals surface area contributed by atoms with E-state index in [-0.39, 0.29) is 17.4 Å². The summed E-state index contributed by atoms with van der Waals surface area (Å²) < 4.78 is 4.92. The monoisotopic (exact) mass is 272 g/mol. The number of halogens is 1. The van der Waals surface area contributed by atoms with Gasteiger partial charge in [0.2, 0.25) is 0 Å². The normalized spacial score (nSPS) is 13.2. The lowest BCUT2D eigenvalue weighted by Crippen LogP contribution is -2.33. The smallest absolute Gasteiger partial charge is 0.314 e. The molecular weight excluding hydrogens is 256 g/mol. The molecule has 18 heavy (non-hydrogen) atoms. The van der Waals surface area contributed by atoms with Crippen molar-refractivity contribution in [2.45, 2.75) is 26.9 Å². The summed E-state index contributed by atoms with van der Waals surface area (Å²) >= 11 is 5.77. The van der Waals surface area contributed by atoms with Crippen molar-refractivity contribution in [2.75, 3.05) is 6.61 Å². The molecule has 0 bridgehead atoms. The average Bonchev–Trinajstić information content (AvgIpc) is 2.32. The lowest BCUT2D eigenvalue weighted by molar-refractivity contribution is -0.160. The number of hydrogen-bond donors (Lipinski definition) is 2. The van der Waals surface area contributed by atoms with Crippen LogP contribution >= 0.6 is 11.6 Å². The van der Waals surface area contributed by atoms with Crippen molar-refractivity contribution in [3.8, 4) is 5.75 Å². The highest BCUT2D eigenvalue weighted by molar-refractivity contribution is 6.32. The second-order valence-electron chi connectivity index (χ2n) is 4.56. The van der Waals surface area contributed by atoms with Crippen LogP contribution in [0.1, 0.15) is 32.4 Å². The minimum atomic E-state index is -1.09. The quantitative estimate of drug-likeness (QED) is 0.827. The molecule has 0 saturated heterocycles. The molecule has 0 heterocycles. The van der Waals surface area contributed by atoms with E-state index in [0.29, 0.717) is 5.56 Å². The number of aromatic hydroxyl groups is 1. The molecule has 0 aliphatic carbocycles. The number of phenols is 1. The maximum absolute atomic E-state index is 11.8. The number of ether oxygens (including phenoxy) is 1. The Hall–Kier alpha value is -1.26. The predicted octanol–water partition coefficient (Wildman–Crippen LogP) is 2.67. The summed E-state index contributed by atoms with van der Waals surface area (Å²) in [5, 5.41) is 19.7. The van der Waals surface area contributed by atoms with Crippen LogP contribution in [-0.4, -0.2) is 22.8 Å². The Labute approximate surface area is 111 Å². The Balaban J connectivity index is 3.01. The number of esters is 1. The molecule has 0 fully saturated rings. The van der Waals surface area contributed by atoms with Crippen LogP contribution in [0.5, 0.6) is 5.75 Å². The first-order valence-corrected chi connectivity index (χ1v) is 6.02. The maximum atomic E-state index is 11.8. The highest BCUT2D eigenvalue weighted by Crippen LogP contribution is 2.37. The largest absolute Gasteiger partial charge is 0.506 e. The molecule has 100 valence electrons. The van der Waals surface area contributed by atoms with Crippen LogP contribution < -0.4 is 0 Å². The lowest BCUT2D eigenvalue weighted by Gasteiger charge is -2.28. The molecular formula is C13H17ClO4. The second kappa shape index (κ2) is 5.59. The Morgan fingerprint density at radius 1 is 1.50 bits per heavy atom. The zero-order valence-electron chi connectivity index (χ0n) is 10.6. The third-order valence-electron chi connectivity index (χ3n) is 2.77. The minimum absolute atomic E-state index is 0.0680. The van der Waals surface area contributed by atoms with Crippen molar-refractivity contribution in [3.63, 3.8) is 0 Å². The number of benzene rings is 1. The third kappa shape index (κ3) is 2.94. The zero-order valence-corrected chi connectivity index (χ0v) is 11.4. The number of carbonyl (C=O) groups excluding carboxylic acids is 1. The average molecular weight is 273 g/mol. The number of phenolic OH excluding ortho intramolecular Hbond substituents is 1. The lowest BCUT2D eigenvalue weighted by atomic mass is 9.82. The summed E-state index contributed by atoms with van der Waals surface area (Å²) in [6.45, 7) is 5.15. The van der Waals surface area contributed by atoms with Crippen molar-refractivity contribution in [1.29, 1.82) is 0 Å². The van der Waals surface area contributed by atoms with Gasteiger partial charge in [0, 0.05) is 0 Å². The first-order valence-electron chi connectivity index (χ1n) is 5.64. The van der Waals surface area contributed by atoms with E-state index >= 15 is 0 Å². The molecule has 1 unspecified atom stereocenters. The Morgan fingerprint density at radius 3 is 2.61 bits per heavy atom. The first kappa shape index (κ1) is 14.8. The van der Waals surface area contributed by atoms with Crippen molar-refractivity contribution in [3.05, 3.63) is 28.8 Å². The van der Waals surface area contributed by atoms with Crippen LogP contribution in [0, 0.1) is 5.41 Å². The third-order valence-corrected chi connectivity index (χ3v) is 3.08. The Kier molecular flexibility index (Phi) is 4.59. The van der Waals surface area contributed by atoms with Gasteiger partial charge in [0.1, 0.15) is 5.75 Å². The molecule has 2 N–H and O–H groups in total. The van der Waals surface area contributed by atoms with Crippen LogP contribution in [0.25, 0.3) is 0 Å². The SMILES string of the molecule is CCOC(=O)C(C)(C)C(O)c1ccc(O)c(Cl)c1. The van der Waals surface area contributed by atoms with Gasteiger partial charge in [0.15, 0.2) is 0 Å². The second-order valence-corrected chi connectivity index (χ2v) is 4.96. The molecule has 1 rings (SSSR count). The van der Waals surface area contributed by atoms with E-state index in [9.17, 15) is 15.0 Å². The molecule has 1 aromatic rings. The van der Waals surface area contributed by atoms with Gasteiger partial charge in [-0.3, -0.25) is 4.79 Å².